The van der Waals surface area contributed by atoms with Gasteiger partial charge in [-0.1, -0.05) is 26.0 Å². The zero-order valence-corrected chi connectivity index (χ0v) is 18.7. The highest BCUT2D eigenvalue weighted by atomic mass is 32.2. The lowest BCUT2D eigenvalue weighted by Crippen LogP contribution is -2.30. The van der Waals surface area contributed by atoms with Crippen molar-refractivity contribution in [3.05, 3.63) is 52.8 Å². The number of amides is 1. The number of carbonyl (C=O) groups is 1. The molecule has 1 aromatic carbocycles. The van der Waals surface area contributed by atoms with E-state index >= 15 is 0 Å². The van der Waals surface area contributed by atoms with Gasteiger partial charge in [-0.15, -0.1) is 0 Å². The van der Waals surface area contributed by atoms with Crippen LogP contribution in [0.4, 0.5) is 0 Å². The Balaban J connectivity index is 1.74. The number of sulfonamides is 1. The minimum absolute atomic E-state index is 0.0997. The van der Waals surface area contributed by atoms with Gasteiger partial charge in [0, 0.05) is 30.5 Å². The summed E-state index contributed by atoms with van der Waals surface area (Å²) in [4.78, 5) is 13.1. The molecule has 3 rings (SSSR count). The summed E-state index contributed by atoms with van der Waals surface area (Å²) in [5, 5.41) is 3.04. The number of hydrogen-bond acceptors (Lipinski definition) is 3. The van der Waals surface area contributed by atoms with Gasteiger partial charge in [-0.05, 0) is 57.4 Å². The average Bonchev–Trinajstić information content (AvgIpc) is 3.47. The van der Waals surface area contributed by atoms with Crippen molar-refractivity contribution >= 4 is 15.9 Å². The second kappa shape index (κ2) is 8.32. The van der Waals surface area contributed by atoms with Crippen LogP contribution in [-0.4, -0.2) is 36.3 Å². The molecule has 0 saturated heterocycles. The fourth-order valence-electron chi connectivity index (χ4n) is 3.90. The summed E-state index contributed by atoms with van der Waals surface area (Å²) in [6, 6.07) is 9.04. The van der Waals surface area contributed by atoms with E-state index < -0.39 is 10.0 Å². The molecule has 2 aromatic rings. The third kappa shape index (κ3) is 4.26. The summed E-state index contributed by atoms with van der Waals surface area (Å²) in [6.45, 7) is 10.5. The fourth-order valence-corrected chi connectivity index (χ4v) is 5.36. The summed E-state index contributed by atoms with van der Waals surface area (Å²) in [6.07, 6.45) is 2.35. The van der Waals surface area contributed by atoms with Crippen LogP contribution in [0.1, 0.15) is 73.0 Å². The normalized spacial score (nSPS) is 15.5. The maximum Gasteiger partial charge on any atom is 0.253 e. The molecule has 29 heavy (non-hydrogen) atoms. The second-order valence-electron chi connectivity index (χ2n) is 7.74. The number of hydrogen-bond donors (Lipinski definition) is 1. The van der Waals surface area contributed by atoms with E-state index in [1.165, 1.54) is 17.1 Å². The number of nitrogens with one attached hydrogen (secondary N) is 1. The van der Waals surface area contributed by atoms with Crippen LogP contribution in [0.25, 0.3) is 0 Å². The monoisotopic (exact) mass is 417 g/mol. The lowest BCUT2D eigenvalue weighted by Gasteiger charge is -2.19. The van der Waals surface area contributed by atoms with E-state index in [1.807, 2.05) is 40.7 Å². The van der Waals surface area contributed by atoms with Gasteiger partial charge >= 0.3 is 0 Å². The molecule has 7 heteroatoms. The molecule has 1 atom stereocenters. The first-order valence-corrected chi connectivity index (χ1v) is 11.7. The number of aryl methyl sites for hydroxylation is 1. The van der Waals surface area contributed by atoms with Gasteiger partial charge in [0.15, 0.2) is 0 Å². The Bertz CT molecular complexity index is 985. The van der Waals surface area contributed by atoms with E-state index in [2.05, 4.69) is 9.88 Å². The largest absolute Gasteiger partial charge is 0.345 e. The molecular weight excluding hydrogens is 386 g/mol. The van der Waals surface area contributed by atoms with Crippen molar-refractivity contribution in [2.45, 2.75) is 64.4 Å². The molecule has 1 aliphatic rings. The first kappa shape index (κ1) is 21.6. The summed E-state index contributed by atoms with van der Waals surface area (Å²) in [5.41, 5.74) is 3.71. The predicted molar refractivity (Wildman–Crippen MR) is 115 cm³/mol. The molecule has 1 aliphatic carbocycles. The molecular formula is C22H31N3O3S. The Kier molecular flexibility index (Phi) is 6.19. The van der Waals surface area contributed by atoms with Gasteiger partial charge < -0.3 is 9.88 Å². The van der Waals surface area contributed by atoms with Crippen LogP contribution in [0.2, 0.25) is 0 Å². The van der Waals surface area contributed by atoms with Crippen molar-refractivity contribution in [1.29, 1.82) is 0 Å². The molecule has 1 N–H and O–H groups in total. The topological polar surface area (TPSA) is 71.4 Å². The Labute approximate surface area is 174 Å². The van der Waals surface area contributed by atoms with Gasteiger partial charge in [-0.3, -0.25) is 4.79 Å². The molecule has 1 unspecified atom stereocenters. The highest BCUT2D eigenvalue weighted by Crippen LogP contribution is 2.38. The molecule has 0 aliphatic heterocycles. The molecule has 1 saturated carbocycles. The Morgan fingerprint density at radius 3 is 2.28 bits per heavy atom. The van der Waals surface area contributed by atoms with Crippen molar-refractivity contribution in [2.75, 3.05) is 13.1 Å². The van der Waals surface area contributed by atoms with Gasteiger partial charge in [-0.25, -0.2) is 8.42 Å². The van der Waals surface area contributed by atoms with E-state index in [4.69, 9.17) is 0 Å². The van der Waals surface area contributed by atoms with E-state index in [1.54, 1.807) is 24.3 Å². The smallest absolute Gasteiger partial charge is 0.253 e. The third-order valence-corrected chi connectivity index (χ3v) is 7.78. The first-order valence-electron chi connectivity index (χ1n) is 10.3. The summed E-state index contributed by atoms with van der Waals surface area (Å²) < 4.78 is 28.9. The standard InChI is InChI=1S/C22H31N3O3S/c1-6-24(7-2)29(27,28)20-12-8-18(9-13-20)16(4)23-22(26)21-14-15(3)25(17(21)5)19-10-11-19/h8-9,12-14,16,19H,6-7,10-11H2,1-5H3,(H,23,26). The molecule has 1 fully saturated rings. The maximum atomic E-state index is 12.8. The second-order valence-corrected chi connectivity index (χ2v) is 9.68. The molecule has 0 radical (unpaired) electrons. The summed E-state index contributed by atoms with van der Waals surface area (Å²) in [7, 11) is -3.48. The molecule has 1 heterocycles. The van der Waals surface area contributed by atoms with E-state index in [9.17, 15) is 13.2 Å². The van der Waals surface area contributed by atoms with Gasteiger partial charge in [-0.2, -0.15) is 4.31 Å². The van der Waals surface area contributed by atoms with Crippen LogP contribution in [0.15, 0.2) is 35.2 Å². The highest BCUT2D eigenvalue weighted by molar-refractivity contribution is 7.89. The van der Waals surface area contributed by atoms with E-state index in [-0.39, 0.29) is 16.8 Å². The van der Waals surface area contributed by atoms with Crippen molar-refractivity contribution in [2.24, 2.45) is 0 Å². The van der Waals surface area contributed by atoms with Crippen LogP contribution in [-0.2, 0) is 10.0 Å². The third-order valence-electron chi connectivity index (χ3n) is 5.71. The Morgan fingerprint density at radius 1 is 1.17 bits per heavy atom. The van der Waals surface area contributed by atoms with Gasteiger partial charge in [0.25, 0.3) is 5.91 Å². The summed E-state index contributed by atoms with van der Waals surface area (Å²) in [5.74, 6) is -0.0997. The van der Waals surface area contributed by atoms with Crippen LogP contribution in [0.3, 0.4) is 0 Å². The summed E-state index contributed by atoms with van der Waals surface area (Å²) >= 11 is 0. The Morgan fingerprint density at radius 2 is 1.76 bits per heavy atom. The van der Waals surface area contributed by atoms with E-state index in [0.717, 1.165) is 17.0 Å². The highest BCUT2D eigenvalue weighted by Gasteiger charge is 2.28. The van der Waals surface area contributed by atoms with E-state index in [0.29, 0.717) is 24.7 Å². The van der Waals surface area contributed by atoms with Crippen LogP contribution >= 0.6 is 0 Å². The molecule has 1 amide bonds. The quantitative estimate of drug-likeness (QED) is 0.707. The molecule has 6 nitrogen and oxygen atoms in total. The van der Waals surface area contributed by atoms with Crippen LogP contribution < -0.4 is 5.32 Å². The van der Waals surface area contributed by atoms with Crippen molar-refractivity contribution < 1.29 is 13.2 Å². The van der Waals surface area contributed by atoms with Crippen molar-refractivity contribution in [3.8, 4) is 0 Å². The zero-order valence-electron chi connectivity index (χ0n) is 17.9. The number of rotatable bonds is 8. The first-order chi connectivity index (χ1) is 13.7. The molecule has 0 spiro atoms. The predicted octanol–water partition coefficient (Wildman–Crippen LogP) is 3.96. The van der Waals surface area contributed by atoms with Crippen LogP contribution in [0.5, 0.6) is 0 Å². The van der Waals surface area contributed by atoms with Gasteiger partial charge in [0.05, 0.1) is 16.5 Å². The fraction of sp³-hybridized carbons (Fsp3) is 0.500. The maximum absolute atomic E-state index is 12.8. The van der Waals surface area contributed by atoms with Crippen LogP contribution in [0, 0.1) is 13.8 Å². The number of benzene rings is 1. The molecule has 158 valence electrons. The lowest BCUT2D eigenvalue weighted by molar-refractivity contribution is 0.0939. The van der Waals surface area contributed by atoms with Gasteiger partial charge in [0.1, 0.15) is 0 Å². The van der Waals surface area contributed by atoms with Crippen molar-refractivity contribution in [1.82, 2.24) is 14.2 Å². The number of aromatic nitrogens is 1. The van der Waals surface area contributed by atoms with Crippen molar-refractivity contribution in [3.63, 3.8) is 0 Å². The zero-order chi connectivity index (χ0) is 21.3. The number of carbonyl (C=O) groups excluding carboxylic acids is 1. The SMILES string of the molecule is CCN(CC)S(=O)(=O)c1ccc(C(C)NC(=O)c2cc(C)n(C3CC3)c2C)cc1. The molecule has 1 aromatic heterocycles. The average molecular weight is 418 g/mol. The molecule has 0 bridgehead atoms. The lowest BCUT2D eigenvalue weighted by atomic mass is 10.1. The number of nitrogens with zero attached hydrogens (tertiary/aromatic N) is 2. The minimum atomic E-state index is -3.48. The minimum Gasteiger partial charge on any atom is -0.345 e. The van der Waals surface area contributed by atoms with Gasteiger partial charge in [0.2, 0.25) is 10.0 Å². The Hall–Kier alpha value is -2.12.